The number of amides is 1. The first-order chi connectivity index (χ1) is 13.4. The second-order valence-corrected chi connectivity index (χ2v) is 6.01. The minimum atomic E-state index is -2.96. The first kappa shape index (κ1) is 19.5. The third-order valence-electron chi connectivity index (χ3n) is 4.34. The average molecular weight is 393 g/mol. The van der Waals surface area contributed by atoms with Gasteiger partial charge in [0.25, 0.3) is 5.91 Å². The van der Waals surface area contributed by atoms with E-state index in [0.29, 0.717) is 16.9 Å². The Morgan fingerprint density at radius 2 is 1.86 bits per heavy atom. The average Bonchev–Trinajstić information content (AvgIpc) is 2.92. The summed E-state index contributed by atoms with van der Waals surface area (Å²) in [7, 11) is 1.49. The molecule has 3 rings (SSSR count). The molecule has 28 heavy (non-hydrogen) atoms. The van der Waals surface area contributed by atoms with Gasteiger partial charge in [-0.05, 0) is 35.4 Å². The maximum atomic E-state index is 13.1. The molecule has 0 aromatic heterocycles. The molecule has 1 amide bonds. The molecule has 2 N–H and O–H groups in total. The Balaban J connectivity index is 2.09. The summed E-state index contributed by atoms with van der Waals surface area (Å²) in [6.45, 7) is -3.75. The van der Waals surface area contributed by atoms with Gasteiger partial charge in [0.05, 0.1) is 0 Å². The second kappa shape index (κ2) is 7.79. The lowest BCUT2D eigenvalue weighted by Gasteiger charge is -2.26. The third kappa shape index (κ3) is 3.47. The summed E-state index contributed by atoms with van der Waals surface area (Å²) >= 11 is 0. The highest BCUT2D eigenvalue weighted by atomic mass is 19.3. The van der Waals surface area contributed by atoms with Crippen LogP contribution in [0.1, 0.15) is 11.1 Å². The SMILES string of the molecule is CN1C(=O)C(c2ccc(OC(F)F)cc2)(c2cccc(OCCF)c2)N=C1N. The van der Waals surface area contributed by atoms with Crippen LogP contribution in [0.2, 0.25) is 0 Å². The van der Waals surface area contributed by atoms with Crippen molar-refractivity contribution in [1.82, 2.24) is 4.90 Å². The third-order valence-corrected chi connectivity index (χ3v) is 4.34. The molecule has 0 saturated heterocycles. The van der Waals surface area contributed by atoms with E-state index in [9.17, 15) is 18.0 Å². The number of carbonyl (C=O) groups is 1. The number of likely N-dealkylation sites (N-methyl/N-ethyl adjacent to an activating group) is 1. The number of halogens is 3. The molecule has 0 saturated carbocycles. The molecule has 148 valence electrons. The van der Waals surface area contributed by atoms with Crippen LogP contribution in [0.3, 0.4) is 0 Å². The summed E-state index contributed by atoms with van der Waals surface area (Å²) < 4.78 is 46.9. The number of benzene rings is 2. The van der Waals surface area contributed by atoms with Crippen molar-refractivity contribution in [3.05, 3.63) is 59.7 Å². The van der Waals surface area contributed by atoms with E-state index < -0.39 is 24.7 Å². The van der Waals surface area contributed by atoms with Gasteiger partial charge in [-0.1, -0.05) is 24.3 Å². The first-order valence-corrected chi connectivity index (χ1v) is 8.36. The molecule has 9 heteroatoms. The molecular formula is C19H18F3N3O3. The van der Waals surface area contributed by atoms with Crippen LogP contribution in [0, 0.1) is 0 Å². The van der Waals surface area contributed by atoms with Crippen molar-refractivity contribution in [3.63, 3.8) is 0 Å². The molecule has 0 fully saturated rings. The number of hydrogen-bond acceptors (Lipinski definition) is 5. The van der Waals surface area contributed by atoms with Crippen LogP contribution in [0.15, 0.2) is 53.5 Å². The highest BCUT2D eigenvalue weighted by Crippen LogP contribution is 2.40. The second-order valence-electron chi connectivity index (χ2n) is 6.01. The summed E-state index contributed by atoms with van der Waals surface area (Å²) in [5.41, 5.74) is 5.23. The van der Waals surface area contributed by atoms with Gasteiger partial charge in [0, 0.05) is 7.05 Å². The smallest absolute Gasteiger partial charge is 0.387 e. The summed E-state index contributed by atoms with van der Waals surface area (Å²) in [6, 6.07) is 12.1. The predicted octanol–water partition coefficient (Wildman–Crippen LogP) is 2.67. The van der Waals surface area contributed by atoms with E-state index in [-0.39, 0.29) is 18.3 Å². The van der Waals surface area contributed by atoms with Crippen LogP contribution in [-0.2, 0) is 10.3 Å². The zero-order valence-corrected chi connectivity index (χ0v) is 14.9. The van der Waals surface area contributed by atoms with Gasteiger partial charge in [0.1, 0.15) is 24.8 Å². The Kier molecular flexibility index (Phi) is 5.43. The molecule has 0 radical (unpaired) electrons. The van der Waals surface area contributed by atoms with E-state index in [1.54, 1.807) is 24.3 Å². The Labute approximate surface area is 159 Å². The molecule has 0 spiro atoms. The van der Waals surface area contributed by atoms with E-state index in [4.69, 9.17) is 10.5 Å². The molecule has 1 aliphatic heterocycles. The summed E-state index contributed by atoms with van der Waals surface area (Å²) in [4.78, 5) is 18.7. The van der Waals surface area contributed by atoms with Crippen molar-refractivity contribution in [3.8, 4) is 11.5 Å². The van der Waals surface area contributed by atoms with Crippen LogP contribution < -0.4 is 15.2 Å². The van der Waals surface area contributed by atoms with Gasteiger partial charge < -0.3 is 15.2 Å². The number of nitrogens with zero attached hydrogens (tertiary/aromatic N) is 2. The van der Waals surface area contributed by atoms with Gasteiger partial charge >= 0.3 is 6.61 Å². The predicted molar refractivity (Wildman–Crippen MR) is 96.2 cm³/mol. The molecule has 2 aromatic rings. The molecule has 6 nitrogen and oxygen atoms in total. The molecular weight excluding hydrogens is 375 g/mol. The number of rotatable bonds is 7. The monoisotopic (exact) mass is 393 g/mol. The molecule has 0 bridgehead atoms. The fraction of sp³-hybridized carbons (Fsp3) is 0.263. The Morgan fingerprint density at radius 1 is 1.14 bits per heavy atom. The quantitative estimate of drug-likeness (QED) is 0.785. The number of hydrogen-bond donors (Lipinski definition) is 1. The maximum Gasteiger partial charge on any atom is 0.387 e. The molecule has 1 unspecified atom stereocenters. The summed E-state index contributed by atoms with van der Waals surface area (Å²) in [5.74, 6) is -0.101. The van der Waals surface area contributed by atoms with Gasteiger partial charge in [-0.25, -0.2) is 9.38 Å². The lowest BCUT2D eigenvalue weighted by atomic mass is 9.82. The van der Waals surface area contributed by atoms with Crippen LogP contribution in [-0.4, -0.2) is 43.7 Å². The fourth-order valence-corrected chi connectivity index (χ4v) is 3.03. The summed E-state index contributed by atoms with van der Waals surface area (Å²) in [5, 5.41) is 0. The van der Waals surface area contributed by atoms with E-state index in [1.807, 2.05) is 0 Å². The van der Waals surface area contributed by atoms with Crippen molar-refractivity contribution >= 4 is 11.9 Å². The molecule has 1 heterocycles. The minimum Gasteiger partial charge on any atom is -0.491 e. The number of carbonyl (C=O) groups excluding carboxylic acids is 1. The van der Waals surface area contributed by atoms with Crippen molar-refractivity contribution < 1.29 is 27.4 Å². The van der Waals surface area contributed by atoms with E-state index in [0.717, 1.165) is 0 Å². The molecule has 1 atom stereocenters. The number of aliphatic imine (C=N–C) groups is 1. The van der Waals surface area contributed by atoms with Crippen LogP contribution in [0.25, 0.3) is 0 Å². The highest BCUT2D eigenvalue weighted by molar-refractivity contribution is 6.08. The number of ether oxygens (including phenoxy) is 2. The van der Waals surface area contributed by atoms with E-state index in [1.165, 1.54) is 36.2 Å². The van der Waals surface area contributed by atoms with E-state index >= 15 is 0 Å². The minimum absolute atomic E-state index is 0.00739. The van der Waals surface area contributed by atoms with Gasteiger partial charge in [-0.15, -0.1) is 0 Å². The van der Waals surface area contributed by atoms with E-state index in [2.05, 4.69) is 9.73 Å². The van der Waals surface area contributed by atoms with Gasteiger partial charge in [-0.3, -0.25) is 9.69 Å². The van der Waals surface area contributed by atoms with Crippen LogP contribution in [0.4, 0.5) is 13.2 Å². The van der Waals surface area contributed by atoms with Crippen molar-refractivity contribution in [2.45, 2.75) is 12.2 Å². The van der Waals surface area contributed by atoms with Gasteiger partial charge in [0.2, 0.25) is 0 Å². The molecule has 2 aromatic carbocycles. The van der Waals surface area contributed by atoms with Crippen LogP contribution in [0.5, 0.6) is 11.5 Å². The normalized spacial score (nSPS) is 19.1. The Morgan fingerprint density at radius 3 is 2.43 bits per heavy atom. The lowest BCUT2D eigenvalue weighted by Crippen LogP contribution is -2.41. The Hall–Kier alpha value is -3.23. The van der Waals surface area contributed by atoms with Crippen LogP contribution >= 0.6 is 0 Å². The largest absolute Gasteiger partial charge is 0.491 e. The van der Waals surface area contributed by atoms with Crippen molar-refractivity contribution in [2.75, 3.05) is 20.3 Å². The molecule has 1 aliphatic rings. The van der Waals surface area contributed by atoms with Gasteiger partial charge in [0.15, 0.2) is 11.5 Å². The van der Waals surface area contributed by atoms with Crippen molar-refractivity contribution in [2.24, 2.45) is 10.7 Å². The zero-order valence-electron chi connectivity index (χ0n) is 14.9. The molecule has 0 aliphatic carbocycles. The fourth-order valence-electron chi connectivity index (χ4n) is 3.03. The number of guanidine groups is 1. The van der Waals surface area contributed by atoms with Gasteiger partial charge in [-0.2, -0.15) is 8.78 Å². The summed E-state index contributed by atoms with van der Waals surface area (Å²) in [6.07, 6.45) is 0. The number of nitrogens with two attached hydrogens (primary N) is 1. The maximum absolute atomic E-state index is 13.1. The highest BCUT2D eigenvalue weighted by Gasteiger charge is 2.49. The Bertz CT molecular complexity index is 889. The first-order valence-electron chi connectivity index (χ1n) is 8.36. The lowest BCUT2D eigenvalue weighted by molar-refractivity contribution is -0.129. The number of alkyl halides is 3. The standard InChI is InChI=1S/C19H18F3N3O3/c1-25-16(26)19(24-18(25)23,12-5-7-14(8-6-12)28-17(21)22)13-3-2-4-15(11-13)27-10-9-20/h2-8,11,17H,9-10H2,1H3,(H2,23,24). The topological polar surface area (TPSA) is 77.2 Å². The zero-order chi connectivity index (χ0) is 20.3. The van der Waals surface area contributed by atoms with Crippen molar-refractivity contribution in [1.29, 1.82) is 0 Å².